The van der Waals surface area contributed by atoms with E-state index >= 15 is 4.39 Å². The number of ether oxygens (including phenoxy) is 1. The molecule has 0 saturated carbocycles. The Balaban J connectivity index is 1.67. The van der Waals surface area contributed by atoms with Crippen molar-refractivity contribution in [3.63, 3.8) is 0 Å². The van der Waals surface area contributed by atoms with Crippen LogP contribution in [0.5, 0.6) is 5.75 Å². The lowest BCUT2D eigenvalue weighted by Crippen LogP contribution is -2.19. The summed E-state index contributed by atoms with van der Waals surface area (Å²) >= 11 is 0. The number of imidazole rings is 1. The molecule has 0 radical (unpaired) electrons. The van der Waals surface area contributed by atoms with Crippen molar-refractivity contribution in [3.8, 4) is 16.9 Å². The largest absolute Gasteiger partial charge is 0.435 e. The van der Waals surface area contributed by atoms with E-state index in [0.29, 0.717) is 22.5 Å². The molecule has 5 rings (SSSR count). The van der Waals surface area contributed by atoms with Gasteiger partial charge in [0.05, 0.1) is 11.4 Å². The van der Waals surface area contributed by atoms with Crippen LogP contribution in [0.15, 0.2) is 48.9 Å². The highest BCUT2D eigenvalue weighted by molar-refractivity contribution is 5.65. The number of fused-ring (bicyclic) bond motifs is 3. The topological polar surface area (TPSA) is 92.8 Å². The van der Waals surface area contributed by atoms with E-state index in [4.69, 9.17) is 4.74 Å². The Kier molecular flexibility index (Phi) is 5.33. The highest BCUT2D eigenvalue weighted by Gasteiger charge is 2.45. The lowest BCUT2D eigenvalue weighted by molar-refractivity contribution is -0.0506. The van der Waals surface area contributed by atoms with Crippen molar-refractivity contribution in [2.24, 2.45) is 0 Å². The first-order valence-electron chi connectivity index (χ1n) is 11.0. The lowest BCUT2D eigenvalue weighted by atomic mass is 9.93. The number of hydrogen-bond acceptors (Lipinski definition) is 6. The second kappa shape index (κ2) is 8.03. The summed E-state index contributed by atoms with van der Waals surface area (Å²) in [7, 11) is 0. The molecule has 182 valence electrons. The highest BCUT2D eigenvalue weighted by Crippen LogP contribution is 2.49. The summed E-state index contributed by atoms with van der Waals surface area (Å²) < 4.78 is 47.6. The van der Waals surface area contributed by atoms with Crippen molar-refractivity contribution in [1.29, 1.82) is 0 Å². The second-order valence-corrected chi connectivity index (χ2v) is 9.41. The zero-order valence-electron chi connectivity index (χ0n) is 19.2. The molecule has 35 heavy (non-hydrogen) atoms. The maximum absolute atomic E-state index is 15.1. The third-order valence-electron chi connectivity index (χ3n) is 6.21. The van der Waals surface area contributed by atoms with Gasteiger partial charge in [-0.05, 0) is 33.3 Å². The summed E-state index contributed by atoms with van der Waals surface area (Å²) in [6, 6.07) is 7.65. The van der Waals surface area contributed by atoms with E-state index < -0.39 is 29.5 Å². The summed E-state index contributed by atoms with van der Waals surface area (Å²) in [5.41, 5.74) is -0.411. The van der Waals surface area contributed by atoms with Crippen LogP contribution in [0, 0.1) is 5.82 Å². The minimum Gasteiger partial charge on any atom is -0.435 e. The third-order valence-corrected chi connectivity index (χ3v) is 6.21. The first kappa shape index (κ1) is 23.3. The van der Waals surface area contributed by atoms with Gasteiger partial charge in [-0.1, -0.05) is 18.2 Å². The van der Waals surface area contributed by atoms with Crippen LogP contribution in [-0.2, 0) is 11.2 Å². The monoisotopic (exact) mass is 484 g/mol. The third kappa shape index (κ3) is 4.02. The maximum Gasteiger partial charge on any atom is 0.387 e. The van der Waals surface area contributed by atoms with E-state index in [1.807, 2.05) is 0 Å². The van der Waals surface area contributed by atoms with Crippen molar-refractivity contribution in [2.45, 2.75) is 50.9 Å². The molecule has 4 aromatic rings. The Morgan fingerprint density at radius 2 is 1.89 bits per heavy atom. The van der Waals surface area contributed by atoms with E-state index in [1.54, 1.807) is 43.4 Å². The molecule has 3 heterocycles. The molecule has 0 spiro atoms. The van der Waals surface area contributed by atoms with Gasteiger partial charge in [0, 0.05) is 47.3 Å². The molecule has 0 aliphatic heterocycles. The molecule has 10 heteroatoms. The van der Waals surface area contributed by atoms with E-state index in [1.165, 1.54) is 30.7 Å². The average molecular weight is 484 g/mol. The molecule has 1 aliphatic rings. The quantitative estimate of drug-likeness (QED) is 0.433. The number of benzene rings is 1. The van der Waals surface area contributed by atoms with Crippen LogP contribution in [0.25, 0.3) is 16.8 Å². The fourth-order valence-electron chi connectivity index (χ4n) is 4.63. The van der Waals surface area contributed by atoms with Gasteiger partial charge >= 0.3 is 6.61 Å². The van der Waals surface area contributed by atoms with Gasteiger partial charge in [-0.25, -0.2) is 19.3 Å². The van der Waals surface area contributed by atoms with Crippen molar-refractivity contribution >= 4 is 5.65 Å². The van der Waals surface area contributed by atoms with Gasteiger partial charge in [0.1, 0.15) is 28.4 Å². The molecule has 1 aromatic carbocycles. The van der Waals surface area contributed by atoms with Crippen LogP contribution in [0.4, 0.5) is 13.2 Å². The van der Waals surface area contributed by atoms with Crippen LogP contribution in [0.3, 0.4) is 0 Å². The number of aliphatic hydroxyl groups is 2. The molecule has 0 amide bonds. The van der Waals surface area contributed by atoms with Crippen molar-refractivity contribution in [3.05, 3.63) is 77.5 Å². The molecular weight excluding hydrogens is 461 g/mol. The Labute approximate surface area is 198 Å². The van der Waals surface area contributed by atoms with Gasteiger partial charge in [0.25, 0.3) is 0 Å². The first-order chi connectivity index (χ1) is 16.5. The van der Waals surface area contributed by atoms with Crippen molar-refractivity contribution in [2.75, 3.05) is 0 Å². The van der Waals surface area contributed by atoms with Crippen LogP contribution in [0.1, 0.15) is 55.9 Å². The zero-order chi connectivity index (χ0) is 25.1. The van der Waals surface area contributed by atoms with Gasteiger partial charge < -0.3 is 19.4 Å². The SMILES string of the molecule is CC(C)(O)c1ncc(-c2cn3c4c(nc3cc2F)C(C)(O)CC4c2ccccc2OC(F)F)cn1. The predicted molar refractivity (Wildman–Crippen MR) is 121 cm³/mol. The standard InChI is InChI=1S/C25H23F3N4O3/c1-24(2,33)22-29-10-13(11-30-22)16-12-32-19(8-17(16)26)31-21-20(32)15(9-25(21,3)34)14-6-4-5-7-18(14)35-23(27)28/h4-8,10-12,15,23,33-34H,9H2,1-3H3. The molecule has 2 atom stereocenters. The summed E-state index contributed by atoms with van der Waals surface area (Å²) in [4.78, 5) is 12.8. The first-order valence-corrected chi connectivity index (χ1v) is 11.0. The Morgan fingerprint density at radius 3 is 2.54 bits per heavy atom. The molecule has 0 bridgehead atoms. The molecule has 0 saturated heterocycles. The van der Waals surface area contributed by atoms with Crippen molar-refractivity contribution < 1.29 is 28.1 Å². The van der Waals surface area contributed by atoms with Crippen LogP contribution in [0.2, 0.25) is 0 Å². The van der Waals surface area contributed by atoms with Crippen LogP contribution >= 0.6 is 0 Å². The number of aromatic nitrogens is 4. The highest BCUT2D eigenvalue weighted by atomic mass is 19.3. The summed E-state index contributed by atoms with van der Waals surface area (Å²) in [5.74, 6) is -0.905. The molecule has 2 N–H and O–H groups in total. The minimum absolute atomic E-state index is 0.00374. The normalized spacial score (nSPS) is 20.0. The fourth-order valence-corrected chi connectivity index (χ4v) is 4.63. The maximum atomic E-state index is 15.1. The molecular formula is C25H23F3N4O3. The van der Waals surface area contributed by atoms with E-state index in [-0.39, 0.29) is 29.2 Å². The van der Waals surface area contributed by atoms with Gasteiger partial charge in [-0.15, -0.1) is 0 Å². The van der Waals surface area contributed by atoms with Crippen molar-refractivity contribution in [1.82, 2.24) is 19.4 Å². The number of pyridine rings is 1. The number of halogens is 3. The predicted octanol–water partition coefficient (Wildman–Crippen LogP) is 4.50. The van der Waals surface area contributed by atoms with E-state index in [2.05, 4.69) is 15.0 Å². The molecule has 7 nitrogen and oxygen atoms in total. The van der Waals surface area contributed by atoms with Crippen LogP contribution in [-0.4, -0.2) is 36.2 Å². The Bertz CT molecular complexity index is 1410. The average Bonchev–Trinajstić information content (AvgIpc) is 3.27. The summed E-state index contributed by atoms with van der Waals surface area (Å²) in [5, 5.41) is 21.2. The number of rotatable bonds is 5. The Hall–Kier alpha value is -3.50. The molecule has 1 aliphatic carbocycles. The van der Waals surface area contributed by atoms with E-state index in [0.717, 1.165) is 0 Å². The number of hydrogen-bond donors (Lipinski definition) is 2. The molecule has 2 unspecified atom stereocenters. The van der Waals surface area contributed by atoms with Gasteiger partial charge in [-0.2, -0.15) is 8.78 Å². The zero-order valence-corrected chi connectivity index (χ0v) is 19.2. The second-order valence-electron chi connectivity index (χ2n) is 9.41. The number of para-hydroxylation sites is 1. The minimum atomic E-state index is -3.01. The van der Waals surface area contributed by atoms with E-state index in [9.17, 15) is 19.0 Å². The van der Waals surface area contributed by atoms with Gasteiger partial charge in [0.15, 0.2) is 5.82 Å². The summed E-state index contributed by atoms with van der Waals surface area (Å²) in [6.45, 7) is 1.68. The summed E-state index contributed by atoms with van der Waals surface area (Å²) in [6.07, 6.45) is 4.56. The van der Waals surface area contributed by atoms with Gasteiger partial charge in [0.2, 0.25) is 0 Å². The lowest BCUT2D eigenvalue weighted by Gasteiger charge is -2.20. The number of alkyl halides is 2. The van der Waals surface area contributed by atoms with Gasteiger partial charge in [-0.3, -0.25) is 0 Å². The van der Waals surface area contributed by atoms with Crippen LogP contribution < -0.4 is 4.74 Å². The molecule has 0 fully saturated rings. The molecule has 3 aromatic heterocycles. The fraction of sp³-hybridized carbons (Fsp3) is 0.320. The smallest absolute Gasteiger partial charge is 0.387 e. The number of nitrogens with zero attached hydrogens (tertiary/aromatic N) is 4. The Morgan fingerprint density at radius 1 is 1.20 bits per heavy atom.